The van der Waals surface area contributed by atoms with Crippen molar-refractivity contribution in [2.24, 2.45) is 4.99 Å². The van der Waals surface area contributed by atoms with E-state index >= 15 is 0 Å². The van der Waals surface area contributed by atoms with Crippen LogP contribution >= 0.6 is 0 Å². The van der Waals surface area contributed by atoms with Crippen LogP contribution in [0.25, 0.3) is 0 Å². The van der Waals surface area contributed by atoms with Crippen molar-refractivity contribution >= 4 is 5.96 Å². The van der Waals surface area contributed by atoms with Crippen LogP contribution in [0.3, 0.4) is 0 Å². The summed E-state index contributed by atoms with van der Waals surface area (Å²) in [7, 11) is 0. The molecule has 0 bridgehead atoms. The zero-order valence-corrected chi connectivity index (χ0v) is 14.6. The van der Waals surface area contributed by atoms with Crippen molar-refractivity contribution in [1.82, 2.24) is 20.5 Å². The molecule has 0 spiro atoms. The van der Waals surface area contributed by atoms with E-state index in [0.29, 0.717) is 19.2 Å². The first-order chi connectivity index (χ1) is 11.8. The predicted octanol–water partition coefficient (Wildman–Crippen LogP) is 1.64. The molecule has 132 valence electrons. The fourth-order valence-electron chi connectivity index (χ4n) is 3.12. The van der Waals surface area contributed by atoms with Crippen LogP contribution in [0.5, 0.6) is 5.75 Å². The van der Waals surface area contributed by atoms with Gasteiger partial charge in [0.05, 0.1) is 12.7 Å². The summed E-state index contributed by atoms with van der Waals surface area (Å²) in [4.78, 5) is 11.3. The lowest BCUT2D eigenvalue weighted by Crippen LogP contribution is -2.49. The number of guanidine groups is 1. The number of hydrogen-bond acceptors (Lipinski definition) is 4. The van der Waals surface area contributed by atoms with Gasteiger partial charge in [0.2, 0.25) is 0 Å². The molecule has 2 aliphatic rings. The van der Waals surface area contributed by atoms with Gasteiger partial charge in [-0.15, -0.1) is 0 Å². The SMILES string of the molecule is CCNC(=NCCOc1cccnc1)NC1CCN(C2CC2)CC1. The van der Waals surface area contributed by atoms with Crippen LogP contribution in [0.4, 0.5) is 0 Å². The second kappa shape index (κ2) is 8.87. The van der Waals surface area contributed by atoms with Gasteiger partial charge in [0.25, 0.3) is 0 Å². The molecular weight excluding hydrogens is 302 g/mol. The molecule has 0 atom stereocenters. The van der Waals surface area contributed by atoms with Crippen LogP contribution in [0.2, 0.25) is 0 Å². The number of aliphatic imine (C=N–C) groups is 1. The number of likely N-dealkylation sites (tertiary alicyclic amines) is 1. The summed E-state index contributed by atoms with van der Waals surface area (Å²) < 4.78 is 5.64. The molecular formula is C18H29N5O. The molecule has 1 saturated carbocycles. The van der Waals surface area contributed by atoms with E-state index in [4.69, 9.17) is 4.74 Å². The van der Waals surface area contributed by atoms with Crippen molar-refractivity contribution in [2.75, 3.05) is 32.8 Å². The number of piperidine rings is 1. The highest BCUT2D eigenvalue weighted by Gasteiger charge is 2.31. The van der Waals surface area contributed by atoms with E-state index in [1.54, 1.807) is 12.4 Å². The zero-order chi connectivity index (χ0) is 16.6. The molecule has 6 heteroatoms. The van der Waals surface area contributed by atoms with Crippen molar-refractivity contribution in [1.29, 1.82) is 0 Å². The number of pyridine rings is 1. The Morgan fingerprint density at radius 1 is 1.33 bits per heavy atom. The smallest absolute Gasteiger partial charge is 0.191 e. The summed E-state index contributed by atoms with van der Waals surface area (Å²) in [6, 6.07) is 5.20. The number of hydrogen-bond donors (Lipinski definition) is 2. The molecule has 3 rings (SSSR count). The van der Waals surface area contributed by atoms with Crippen LogP contribution in [0, 0.1) is 0 Å². The monoisotopic (exact) mass is 331 g/mol. The Morgan fingerprint density at radius 2 is 2.17 bits per heavy atom. The molecule has 0 amide bonds. The minimum atomic E-state index is 0.525. The molecule has 2 fully saturated rings. The maximum Gasteiger partial charge on any atom is 0.191 e. The maximum absolute atomic E-state index is 5.64. The standard InChI is InChI=1S/C18H29N5O/c1-2-20-18(21-10-13-24-17-4-3-9-19-14-17)22-15-7-11-23(12-8-15)16-5-6-16/h3-4,9,14-16H,2,5-8,10-13H2,1H3,(H2,20,21,22). The first kappa shape index (κ1) is 17.0. The molecule has 0 aromatic carbocycles. The molecule has 0 unspecified atom stereocenters. The zero-order valence-electron chi connectivity index (χ0n) is 14.6. The molecule has 2 N–H and O–H groups in total. The van der Waals surface area contributed by atoms with Crippen LogP contribution in [0.1, 0.15) is 32.6 Å². The summed E-state index contributed by atoms with van der Waals surface area (Å²) in [5.74, 6) is 1.69. The third-order valence-corrected chi connectivity index (χ3v) is 4.54. The largest absolute Gasteiger partial charge is 0.490 e. The Kier molecular flexibility index (Phi) is 6.29. The number of ether oxygens (including phenoxy) is 1. The third-order valence-electron chi connectivity index (χ3n) is 4.54. The highest BCUT2D eigenvalue weighted by Crippen LogP contribution is 2.29. The van der Waals surface area contributed by atoms with Gasteiger partial charge < -0.3 is 20.3 Å². The van der Waals surface area contributed by atoms with E-state index in [2.05, 4.69) is 32.4 Å². The van der Waals surface area contributed by atoms with Gasteiger partial charge in [0.15, 0.2) is 5.96 Å². The highest BCUT2D eigenvalue weighted by molar-refractivity contribution is 5.80. The minimum absolute atomic E-state index is 0.525. The van der Waals surface area contributed by atoms with E-state index in [1.165, 1.54) is 38.8 Å². The summed E-state index contributed by atoms with van der Waals surface area (Å²) in [5, 5.41) is 6.91. The van der Waals surface area contributed by atoms with E-state index < -0.39 is 0 Å². The molecule has 24 heavy (non-hydrogen) atoms. The number of rotatable bonds is 7. The molecule has 1 aliphatic carbocycles. The van der Waals surface area contributed by atoms with E-state index in [1.807, 2.05) is 12.1 Å². The Balaban J connectivity index is 1.40. The minimum Gasteiger partial charge on any atom is -0.490 e. The van der Waals surface area contributed by atoms with Crippen molar-refractivity contribution in [3.05, 3.63) is 24.5 Å². The van der Waals surface area contributed by atoms with Crippen LogP contribution in [-0.2, 0) is 0 Å². The van der Waals surface area contributed by atoms with Crippen molar-refractivity contribution < 1.29 is 4.74 Å². The summed E-state index contributed by atoms with van der Waals surface area (Å²) >= 11 is 0. The second-order valence-electron chi connectivity index (χ2n) is 6.48. The molecule has 0 radical (unpaired) electrons. The van der Waals surface area contributed by atoms with Gasteiger partial charge >= 0.3 is 0 Å². The lowest BCUT2D eigenvalue weighted by molar-refractivity contribution is 0.197. The first-order valence-corrected chi connectivity index (χ1v) is 9.17. The van der Waals surface area contributed by atoms with E-state index in [-0.39, 0.29) is 0 Å². The van der Waals surface area contributed by atoms with E-state index in [0.717, 1.165) is 24.3 Å². The molecule has 2 heterocycles. The van der Waals surface area contributed by atoms with Gasteiger partial charge in [-0.3, -0.25) is 4.98 Å². The molecule has 1 saturated heterocycles. The van der Waals surface area contributed by atoms with Crippen LogP contribution in [0.15, 0.2) is 29.5 Å². The highest BCUT2D eigenvalue weighted by atomic mass is 16.5. The van der Waals surface area contributed by atoms with Gasteiger partial charge in [-0.1, -0.05) is 0 Å². The van der Waals surface area contributed by atoms with Crippen LogP contribution in [-0.4, -0.2) is 60.7 Å². The number of aromatic nitrogens is 1. The average molecular weight is 331 g/mol. The number of nitrogens with one attached hydrogen (secondary N) is 2. The molecule has 1 aliphatic heterocycles. The maximum atomic E-state index is 5.64. The third kappa shape index (κ3) is 5.37. The lowest BCUT2D eigenvalue weighted by atomic mass is 10.1. The summed E-state index contributed by atoms with van der Waals surface area (Å²) in [6.07, 6.45) is 8.67. The lowest BCUT2D eigenvalue weighted by Gasteiger charge is -2.33. The number of nitrogens with zero attached hydrogens (tertiary/aromatic N) is 3. The average Bonchev–Trinajstić information content (AvgIpc) is 3.45. The predicted molar refractivity (Wildman–Crippen MR) is 96.5 cm³/mol. The Morgan fingerprint density at radius 3 is 2.83 bits per heavy atom. The van der Waals surface area contributed by atoms with Gasteiger partial charge in [0.1, 0.15) is 12.4 Å². The molecule has 1 aromatic rings. The van der Waals surface area contributed by atoms with Gasteiger partial charge in [-0.25, -0.2) is 4.99 Å². The topological polar surface area (TPSA) is 61.8 Å². The molecule has 6 nitrogen and oxygen atoms in total. The fourth-order valence-corrected chi connectivity index (χ4v) is 3.12. The Bertz CT molecular complexity index is 509. The second-order valence-corrected chi connectivity index (χ2v) is 6.48. The van der Waals surface area contributed by atoms with E-state index in [9.17, 15) is 0 Å². The Labute approximate surface area is 144 Å². The first-order valence-electron chi connectivity index (χ1n) is 9.17. The van der Waals surface area contributed by atoms with Gasteiger partial charge in [-0.2, -0.15) is 0 Å². The normalized spacial score (nSPS) is 20.0. The van der Waals surface area contributed by atoms with Gasteiger partial charge in [0, 0.05) is 37.9 Å². The molecule has 1 aromatic heterocycles. The summed E-state index contributed by atoms with van der Waals surface area (Å²) in [6.45, 7) is 6.58. The fraction of sp³-hybridized carbons (Fsp3) is 0.667. The van der Waals surface area contributed by atoms with Gasteiger partial charge in [-0.05, 0) is 44.7 Å². The Hall–Kier alpha value is -1.82. The van der Waals surface area contributed by atoms with Crippen molar-refractivity contribution in [3.8, 4) is 5.75 Å². The van der Waals surface area contributed by atoms with Crippen molar-refractivity contribution in [2.45, 2.75) is 44.7 Å². The summed E-state index contributed by atoms with van der Waals surface area (Å²) in [5.41, 5.74) is 0. The van der Waals surface area contributed by atoms with Crippen molar-refractivity contribution in [3.63, 3.8) is 0 Å². The quantitative estimate of drug-likeness (QED) is 0.452. The van der Waals surface area contributed by atoms with Crippen LogP contribution < -0.4 is 15.4 Å².